The summed E-state index contributed by atoms with van der Waals surface area (Å²) in [5.74, 6) is 0.0444. The molecule has 0 aromatic rings. The van der Waals surface area contributed by atoms with Gasteiger partial charge in [0.25, 0.3) is 0 Å². The molecule has 1 rings (SSSR count). The van der Waals surface area contributed by atoms with Crippen LogP contribution in [0.5, 0.6) is 0 Å². The fourth-order valence-corrected chi connectivity index (χ4v) is 1.35. The Hall–Kier alpha value is -0.610. The summed E-state index contributed by atoms with van der Waals surface area (Å²) in [6.07, 6.45) is 0.840. The molecule has 1 aliphatic heterocycles. The SMILES string of the molecule is CC1COCCC1NC(=O)CO. The molecule has 2 N–H and O–H groups in total. The van der Waals surface area contributed by atoms with Crippen LogP contribution in [-0.2, 0) is 9.53 Å². The van der Waals surface area contributed by atoms with E-state index in [-0.39, 0.29) is 11.9 Å². The Balaban J connectivity index is 2.33. The third-order valence-corrected chi connectivity index (χ3v) is 2.13. The van der Waals surface area contributed by atoms with Crippen LogP contribution < -0.4 is 5.32 Å². The first-order valence-corrected chi connectivity index (χ1v) is 4.22. The van der Waals surface area contributed by atoms with Gasteiger partial charge in [-0.05, 0) is 12.3 Å². The van der Waals surface area contributed by atoms with Gasteiger partial charge in [-0.3, -0.25) is 4.79 Å². The van der Waals surface area contributed by atoms with Gasteiger partial charge >= 0.3 is 0 Å². The summed E-state index contributed by atoms with van der Waals surface area (Å²) in [6.45, 7) is 2.99. The number of nitrogens with one attached hydrogen (secondary N) is 1. The molecule has 1 amide bonds. The molecule has 1 aliphatic rings. The minimum atomic E-state index is -0.427. The van der Waals surface area contributed by atoms with E-state index >= 15 is 0 Å². The second kappa shape index (κ2) is 4.42. The maximum atomic E-state index is 10.8. The van der Waals surface area contributed by atoms with E-state index in [0.717, 1.165) is 6.42 Å². The van der Waals surface area contributed by atoms with E-state index in [4.69, 9.17) is 9.84 Å². The van der Waals surface area contributed by atoms with Crippen LogP contribution in [0.4, 0.5) is 0 Å². The molecule has 2 atom stereocenters. The number of carbonyl (C=O) groups excluding carboxylic acids is 1. The molecule has 70 valence electrons. The minimum Gasteiger partial charge on any atom is -0.387 e. The topological polar surface area (TPSA) is 58.6 Å². The number of aliphatic hydroxyl groups excluding tert-OH is 1. The number of carbonyl (C=O) groups is 1. The number of hydrogen-bond donors (Lipinski definition) is 2. The Bertz CT molecular complexity index is 160. The molecule has 0 radical (unpaired) electrons. The quantitative estimate of drug-likeness (QED) is 0.593. The molecule has 1 fully saturated rings. The van der Waals surface area contributed by atoms with Crippen LogP contribution in [0.3, 0.4) is 0 Å². The Labute approximate surface area is 71.9 Å². The molecule has 0 spiro atoms. The zero-order chi connectivity index (χ0) is 8.97. The predicted octanol–water partition coefficient (Wildman–Crippen LogP) is -0.480. The first-order chi connectivity index (χ1) is 5.74. The van der Waals surface area contributed by atoms with E-state index in [1.807, 2.05) is 6.92 Å². The van der Waals surface area contributed by atoms with Crippen LogP contribution in [0, 0.1) is 5.92 Å². The number of aliphatic hydroxyl groups is 1. The number of amides is 1. The number of rotatable bonds is 2. The van der Waals surface area contributed by atoms with Gasteiger partial charge in [-0.25, -0.2) is 0 Å². The zero-order valence-corrected chi connectivity index (χ0v) is 7.25. The van der Waals surface area contributed by atoms with Crippen molar-refractivity contribution in [1.29, 1.82) is 0 Å². The van der Waals surface area contributed by atoms with Crippen molar-refractivity contribution in [2.45, 2.75) is 19.4 Å². The van der Waals surface area contributed by atoms with Crippen molar-refractivity contribution < 1.29 is 14.6 Å². The van der Waals surface area contributed by atoms with Crippen molar-refractivity contribution in [3.63, 3.8) is 0 Å². The van der Waals surface area contributed by atoms with E-state index in [9.17, 15) is 4.79 Å². The van der Waals surface area contributed by atoms with Crippen molar-refractivity contribution in [1.82, 2.24) is 5.32 Å². The highest BCUT2D eigenvalue weighted by Gasteiger charge is 2.22. The van der Waals surface area contributed by atoms with Gasteiger partial charge < -0.3 is 15.2 Å². The third kappa shape index (κ3) is 2.46. The average Bonchev–Trinajstić information content (AvgIpc) is 2.09. The van der Waals surface area contributed by atoms with Gasteiger partial charge in [-0.1, -0.05) is 6.92 Å². The highest BCUT2D eigenvalue weighted by molar-refractivity contribution is 5.77. The Kier molecular flexibility index (Phi) is 3.49. The Morgan fingerprint density at radius 1 is 1.75 bits per heavy atom. The highest BCUT2D eigenvalue weighted by atomic mass is 16.5. The monoisotopic (exact) mass is 173 g/mol. The van der Waals surface area contributed by atoms with Crippen LogP contribution in [0.15, 0.2) is 0 Å². The molecule has 0 aromatic heterocycles. The first-order valence-electron chi connectivity index (χ1n) is 4.22. The van der Waals surface area contributed by atoms with Gasteiger partial charge in [0.1, 0.15) is 6.61 Å². The lowest BCUT2D eigenvalue weighted by atomic mass is 9.98. The van der Waals surface area contributed by atoms with E-state index in [0.29, 0.717) is 19.1 Å². The lowest BCUT2D eigenvalue weighted by Crippen LogP contribution is -2.45. The lowest BCUT2D eigenvalue weighted by Gasteiger charge is -2.29. The Morgan fingerprint density at radius 2 is 2.50 bits per heavy atom. The number of hydrogen-bond acceptors (Lipinski definition) is 3. The minimum absolute atomic E-state index is 0.165. The molecular weight excluding hydrogens is 158 g/mol. The Morgan fingerprint density at radius 3 is 3.08 bits per heavy atom. The fraction of sp³-hybridized carbons (Fsp3) is 0.875. The van der Waals surface area contributed by atoms with E-state index in [2.05, 4.69) is 5.32 Å². The summed E-state index contributed by atoms with van der Waals surface area (Å²) in [5, 5.41) is 11.3. The molecule has 4 heteroatoms. The van der Waals surface area contributed by atoms with E-state index in [1.54, 1.807) is 0 Å². The van der Waals surface area contributed by atoms with Crippen LogP contribution >= 0.6 is 0 Å². The molecule has 1 heterocycles. The number of ether oxygens (including phenoxy) is 1. The van der Waals surface area contributed by atoms with Crippen molar-refractivity contribution >= 4 is 5.91 Å². The fourth-order valence-electron chi connectivity index (χ4n) is 1.35. The third-order valence-electron chi connectivity index (χ3n) is 2.13. The molecule has 4 nitrogen and oxygen atoms in total. The lowest BCUT2D eigenvalue weighted by molar-refractivity contribution is -0.125. The van der Waals surface area contributed by atoms with Crippen molar-refractivity contribution in [3.8, 4) is 0 Å². The standard InChI is InChI=1S/C8H15NO3/c1-6-5-12-3-2-7(6)9-8(11)4-10/h6-7,10H,2-5H2,1H3,(H,9,11). The summed E-state index contributed by atoms with van der Waals surface area (Å²) >= 11 is 0. The largest absolute Gasteiger partial charge is 0.387 e. The molecule has 0 bridgehead atoms. The average molecular weight is 173 g/mol. The van der Waals surface area contributed by atoms with Gasteiger partial charge in [0.05, 0.1) is 6.61 Å². The molecule has 12 heavy (non-hydrogen) atoms. The molecular formula is C8H15NO3. The first kappa shape index (κ1) is 9.48. The van der Waals surface area contributed by atoms with Crippen LogP contribution in [0.2, 0.25) is 0 Å². The van der Waals surface area contributed by atoms with Crippen molar-refractivity contribution in [2.24, 2.45) is 5.92 Å². The van der Waals surface area contributed by atoms with E-state index < -0.39 is 6.61 Å². The highest BCUT2D eigenvalue weighted by Crippen LogP contribution is 2.13. The van der Waals surface area contributed by atoms with Gasteiger partial charge in [0, 0.05) is 12.6 Å². The zero-order valence-electron chi connectivity index (χ0n) is 7.25. The second-order valence-corrected chi connectivity index (χ2v) is 3.17. The smallest absolute Gasteiger partial charge is 0.245 e. The van der Waals surface area contributed by atoms with Crippen LogP contribution in [0.25, 0.3) is 0 Å². The van der Waals surface area contributed by atoms with Gasteiger partial charge in [0.2, 0.25) is 5.91 Å². The summed E-state index contributed by atoms with van der Waals surface area (Å²) in [6, 6.07) is 0.165. The summed E-state index contributed by atoms with van der Waals surface area (Å²) < 4.78 is 5.21. The van der Waals surface area contributed by atoms with Gasteiger partial charge in [-0.15, -0.1) is 0 Å². The van der Waals surface area contributed by atoms with Crippen LogP contribution in [0.1, 0.15) is 13.3 Å². The molecule has 2 unspecified atom stereocenters. The van der Waals surface area contributed by atoms with Gasteiger partial charge in [-0.2, -0.15) is 0 Å². The summed E-state index contributed by atoms with van der Waals surface area (Å²) in [7, 11) is 0. The summed E-state index contributed by atoms with van der Waals surface area (Å²) in [4.78, 5) is 10.8. The second-order valence-electron chi connectivity index (χ2n) is 3.17. The van der Waals surface area contributed by atoms with Gasteiger partial charge in [0.15, 0.2) is 0 Å². The molecule has 0 aliphatic carbocycles. The van der Waals surface area contributed by atoms with Crippen molar-refractivity contribution in [2.75, 3.05) is 19.8 Å². The van der Waals surface area contributed by atoms with E-state index in [1.165, 1.54) is 0 Å². The summed E-state index contributed by atoms with van der Waals surface area (Å²) in [5.41, 5.74) is 0. The van der Waals surface area contributed by atoms with Crippen LogP contribution in [-0.4, -0.2) is 36.9 Å². The molecule has 0 saturated carbocycles. The molecule has 0 aromatic carbocycles. The maximum Gasteiger partial charge on any atom is 0.245 e. The van der Waals surface area contributed by atoms with Crippen molar-refractivity contribution in [3.05, 3.63) is 0 Å². The normalized spacial score (nSPS) is 29.8. The maximum absolute atomic E-state index is 10.8. The molecule has 1 saturated heterocycles. The predicted molar refractivity (Wildman–Crippen MR) is 43.6 cm³/mol.